The number of hydrogen-bond donors (Lipinski definition) is 2. The van der Waals surface area contributed by atoms with Crippen molar-refractivity contribution in [3.8, 4) is 0 Å². The fourth-order valence-corrected chi connectivity index (χ4v) is 3.95. The average Bonchev–Trinajstić information content (AvgIpc) is 2.63. The van der Waals surface area contributed by atoms with Crippen molar-refractivity contribution in [3.63, 3.8) is 0 Å². The van der Waals surface area contributed by atoms with Crippen LogP contribution in [-0.2, 0) is 11.2 Å². The molecule has 0 bridgehead atoms. The Morgan fingerprint density at radius 1 is 1.17 bits per heavy atom. The van der Waals surface area contributed by atoms with Crippen molar-refractivity contribution >= 4 is 5.91 Å². The first-order valence-corrected chi connectivity index (χ1v) is 9.51. The van der Waals surface area contributed by atoms with Gasteiger partial charge in [-0.2, -0.15) is 0 Å². The Hall–Kier alpha value is -1.39. The second kappa shape index (κ2) is 8.63. The fraction of sp³-hybridized carbons (Fsp3) is 0.650. The SMILES string of the molecule is CC(C(=O)NC1CCNCC1)N1CCC(Cc2ccccc2)CC1. The van der Waals surface area contributed by atoms with E-state index in [4.69, 9.17) is 0 Å². The van der Waals surface area contributed by atoms with E-state index in [-0.39, 0.29) is 11.9 Å². The summed E-state index contributed by atoms with van der Waals surface area (Å²) in [7, 11) is 0. The molecule has 0 saturated carbocycles. The van der Waals surface area contributed by atoms with Crippen LogP contribution < -0.4 is 10.6 Å². The lowest BCUT2D eigenvalue weighted by Gasteiger charge is -2.36. The smallest absolute Gasteiger partial charge is 0.237 e. The number of nitrogens with zero attached hydrogens (tertiary/aromatic N) is 1. The average molecular weight is 329 g/mol. The number of rotatable bonds is 5. The van der Waals surface area contributed by atoms with Gasteiger partial charge in [-0.3, -0.25) is 9.69 Å². The van der Waals surface area contributed by atoms with Crippen LogP contribution in [0.4, 0.5) is 0 Å². The summed E-state index contributed by atoms with van der Waals surface area (Å²) in [6.07, 6.45) is 5.67. The van der Waals surface area contributed by atoms with Crippen molar-refractivity contribution in [1.29, 1.82) is 0 Å². The normalized spacial score (nSPS) is 22.2. The highest BCUT2D eigenvalue weighted by atomic mass is 16.2. The lowest BCUT2D eigenvalue weighted by atomic mass is 9.89. The Morgan fingerprint density at radius 3 is 2.50 bits per heavy atom. The van der Waals surface area contributed by atoms with Crippen LogP contribution in [0.15, 0.2) is 30.3 Å². The lowest BCUT2D eigenvalue weighted by Crippen LogP contribution is -2.52. The van der Waals surface area contributed by atoms with E-state index in [0.717, 1.165) is 44.9 Å². The molecule has 132 valence electrons. The van der Waals surface area contributed by atoms with E-state index in [1.807, 2.05) is 0 Å². The monoisotopic (exact) mass is 329 g/mol. The predicted octanol–water partition coefficient (Wildman–Crippen LogP) is 2.20. The predicted molar refractivity (Wildman–Crippen MR) is 97.9 cm³/mol. The summed E-state index contributed by atoms with van der Waals surface area (Å²) in [5.74, 6) is 0.965. The Morgan fingerprint density at radius 2 is 1.83 bits per heavy atom. The molecule has 0 aromatic heterocycles. The highest BCUT2D eigenvalue weighted by Crippen LogP contribution is 2.23. The van der Waals surface area contributed by atoms with Gasteiger partial charge in [0.2, 0.25) is 5.91 Å². The fourth-order valence-electron chi connectivity index (χ4n) is 3.95. The Labute approximate surface area is 146 Å². The maximum atomic E-state index is 12.5. The van der Waals surface area contributed by atoms with Crippen LogP contribution in [0.2, 0.25) is 0 Å². The molecule has 1 atom stereocenters. The summed E-state index contributed by atoms with van der Waals surface area (Å²) >= 11 is 0. The molecule has 2 saturated heterocycles. The van der Waals surface area contributed by atoms with Gasteiger partial charge in [0.1, 0.15) is 0 Å². The van der Waals surface area contributed by atoms with E-state index < -0.39 is 0 Å². The summed E-state index contributed by atoms with van der Waals surface area (Å²) in [6, 6.07) is 11.1. The first kappa shape index (κ1) is 17.4. The number of likely N-dealkylation sites (tertiary alicyclic amines) is 1. The van der Waals surface area contributed by atoms with E-state index in [1.54, 1.807) is 0 Å². The molecule has 24 heavy (non-hydrogen) atoms. The van der Waals surface area contributed by atoms with Crippen LogP contribution in [0, 0.1) is 5.92 Å². The number of nitrogens with one attached hydrogen (secondary N) is 2. The number of piperidine rings is 2. The summed E-state index contributed by atoms with van der Waals surface area (Å²) in [6.45, 7) is 6.18. The summed E-state index contributed by atoms with van der Waals surface area (Å²) in [5, 5.41) is 6.59. The molecule has 0 radical (unpaired) electrons. The van der Waals surface area contributed by atoms with Gasteiger partial charge in [0, 0.05) is 6.04 Å². The zero-order chi connectivity index (χ0) is 16.8. The lowest BCUT2D eigenvalue weighted by molar-refractivity contribution is -0.127. The number of benzene rings is 1. The molecule has 2 heterocycles. The van der Waals surface area contributed by atoms with Gasteiger partial charge in [0.05, 0.1) is 6.04 Å². The van der Waals surface area contributed by atoms with E-state index >= 15 is 0 Å². The molecule has 1 amide bonds. The number of carbonyl (C=O) groups excluding carboxylic acids is 1. The number of carbonyl (C=O) groups is 1. The minimum Gasteiger partial charge on any atom is -0.352 e. The van der Waals surface area contributed by atoms with Crippen molar-refractivity contribution in [2.45, 2.75) is 51.1 Å². The summed E-state index contributed by atoms with van der Waals surface area (Å²) in [5.41, 5.74) is 1.44. The Balaban J connectivity index is 1.42. The molecule has 4 heteroatoms. The molecule has 2 aliphatic heterocycles. The van der Waals surface area contributed by atoms with Crippen molar-refractivity contribution in [2.24, 2.45) is 5.92 Å². The van der Waals surface area contributed by atoms with E-state index in [1.165, 1.54) is 24.8 Å². The van der Waals surface area contributed by atoms with Crippen LogP contribution in [0.1, 0.15) is 38.2 Å². The standard InChI is InChI=1S/C20H31N3O/c1-16(20(24)22-19-7-11-21-12-8-19)23-13-9-18(10-14-23)15-17-5-3-2-4-6-17/h2-6,16,18-19,21H,7-15H2,1H3,(H,22,24). The molecule has 2 N–H and O–H groups in total. The van der Waals surface area contributed by atoms with Crippen LogP contribution in [0.3, 0.4) is 0 Å². The zero-order valence-corrected chi connectivity index (χ0v) is 14.8. The van der Waals surface area contributed by atoms with Crippen molar-refractivity contribution in [3.05, 3.63) is 35.9 Å². The van der Waals surface area contributed by atoms with Gasteiger partial charge in [0.15, 0.2) is 0 Å². The highest BCUT2D eigenvalue weighted by molar-refractivity contribution is 5.81. The molecule has 1 unspecified atom stereocenters. The minimum atomic E-state index is -0.00226. The maximum absolute atomic E-state index is 12.5. The van der Waals surface area contributed by atoms with Gasteiger partial charge < -0.3 is 10.6 Å². The van der Waals surface area contributed by atoms with E-state index in [0.29, 0.717) is 6.04 Å². The highest BCUT2D eigenvalue weighted by Gasteiger charge is 2.28. The van der Waals surface area contributed by atoms with Gasteiger partial charge in [-0.1, -0.05) is 30.3 Å². The van der Waals surface area contributed by atoms with Crippen molar-refractivity contribution in [1.82, 2.24) is 15.5 Å². The van der Waals surface area contributed by atoms with Crippen molar-refractivity contribution < 1.29 is 4.79 Å². The third-order valence-electron chi connectivity index (χ3n) is 5.63. The molecule has 2 fully saturated rings. The van der Waals surface area contributed by atoms with Gasteiger partial charge in [-0.25, -0.2) is 0 Å². The largest absolute Gasteiger partial charge is 0.352 e. The Bertz CT molecular complexity index is 505. The van der Waals surface area contributed by atoms with Crippen molar-refractivity contribution in [2.75, 3.05) is 26.2 Å². The third kappa shape index (κ3) is 4.81. The molecule has 0 spiro atoms. The molecule has 2 aliphatic rings. The molecular weight excluding hydrogens is 298 g/mol. The molecule has 4 nitrogen and oxygen atoms in total. The van der Waals surface area contributed by atoms with Crippen LogP contribution in [0.25, 0.3) is 0 Å². The number of hydrogen-bond acceptors (Lipinski definition) is 3. The molecule has 3 rings (SSSR count). The molecule has 1 aromatic carbocycles. The Kier molecular flexibility index (Phi) is 6.27. The van der Waals surface area contributed by atoms with Gasteiger partial charge in [-0.15, -0.1) is 0 Å². The first-order chi connectivity index (χ1) is 11.7. The van der Waals surface area contributed by atoms with Crippen LogP contribution in [-0.4, -0.2) is 49.1 Å². The first-order valence-electron chi connectivity index (χ1n) is 9.51. The van der Waals surface area contributed by atoms with Gasteiger partial charge in [-0.05, 0) is 76.7 Å². The van der Waals surface area contributed by atoms with Crippen LogP contribution in [0.5, 0.6) is 0 Å². The quantitative estimate of drug-likeness (QED) is 0.870. The van der Waals surface area contributed by atoms with Gasteiger partial charge >= 0.3 is 0 Å². The summed E-state index contributed by atoms with van der Waals surface area (Å²) in [4.78, 5) is 14.9. The maximum Gasteiger partial charge on any atom is 0.237 e. The zero-order valence-electron chi connectivity index (χ0n) is 14.8. The molecule has 1 aromatic rings. The molecular formula is C20H31N3O. The second-order valence-electron chi connectivity index (χ2n) is 7.38. The topological polar surface area (TPSA) is 44.4 Å². The minimum absolute atomic E-state index is 0.00226. The van der Waals surface area contributed by atoms with Crippen LogP contribution >= 0.6 is 0 Å². The second-order valence-corrected chi connectivity index (χ2v) is 7.38. The molecule has 0 aliphatic carbocycles. The number of amides is 1. The van der Waals surface area contributed by atoms with E-state index in [2.05, 4.69) is 52.8 Å². The van der Waals surface area contributed by atoms with E-state index in [9.17, 15) is 4.79 Å². The third-order valence-corrected chi connectivity index (χ3v) is 5.63. The van der Waals surface area contributed by atoms with Gasteiger partial charge in [0.25, 0.3) is 0 Å². The summed E-state index contributed by atoms with van der Waals surface area (Å²) < 4.78 is 0.